The van der Waals surface area contributed by atoms with Crippen LogP contribution in [0.1, 0.15) is 44.6 Å². The van der Waals surface area contributed by atoms with Gasteiger partial charge in [-0.15, -0.1) is 0 Å². The van der Waals surface area contributed by atoms with Crippen molar-refractivity contribution in [2.45, 2.75) is 51.6 Å². The van der Waals surface area contributed by atoms with Crippen molar-refractivity contribution in [2.75, 3.05) is 18.5 Å². The maximum absolute atomic E-state index is 6.38. The Balaban J connectivity index is 2.01. The standard InChI is InChI=1S/C15H24ClN3/c1-3-8-17-10-12-9-14(16)15(18-11-12)19(2)13-6-4-5-7-13/h9,11,13,17H,3-8,10H2,1-2H3. The summed E-state index contributed by atoms with van der Waals surface area (Å²) in [6, 6.07) is 2.65. The van der Waals surface area contributed by atoms with Crippen molar-refractivity contribution in [3.63, 3.8) is 0 Å². The third-order valence-corrected chi connectivity index (χ3v) is 4.12. The van der Waals surface area contributed by atoms with E-state index in [2.05, 4.69) is 29.2 Å². The average molecular weight is 282 g/mol. The van der Waals surface area contributed by atoms with E-state index in [4.69, 9.17) is 11.6 Å². The Hall–Kier alpha value is -0.800. The van der Waals surface area contributed by atoms with Gasteiger partial charge in [0.05, 0.1) is 5.02 Å². The van der Waals surface area contributed by atoms with Crippen LogP contribution in [0.25, 0.3) is 0 Å². The first-order chi connectivity index (χ1) is 9.22. The van der Waals surface area contributed by atoms with Gasteiger partial charge < -0.3 is 10.2 Å². The zero-order valence-electron chi connectivity index (χ0n) is 12.0. The van der Waals surface area contributed by atoms with Gasteiger partial charge in [-0.1, -0.05) is 31.4 Å². The number of nitrogens with one attached hydrogen (secondary N) is 1. The smallest absolute Gasteiger partial charge is 0.147 e. The summed E-state index contributed by atoms with van der Waals surface area (Å²) in [4.78, 5) is 6.80. The van der Waals surface area contributed by atoms with Crippen LogP contribution in [0.4, 0.5) is 5.82 Å². The van der Waals surface area contributed by atoms with Gasteiger partial charge in [0, 0.05) is 25.8 Å². The second kappa shape index (κ2) is 7.11. The normalized spacial score (nSPS) is 15.9. The van der Waals surface area contributed by atoms with Gasteiger partial charge in [0.25, 0.3) is 0 Å². The molecular formula is C15H24ClN3. The van der Waals surface area contributed by atoms with Crippen LogP contribution in [-0.4, -0.2) is 24.6 Å². The highest BCUT2D eigenvalue weighted by Gasteiger charge is 2.22. The fourth-order valence-corrected chi connectivity index (χ4v) is 3.02. The van der Waals surface area contributed by atoms with E-state index in [0.29, 0.717) is 6.04 Å². The van der Waals surface area contributed by atoms with Crippen LogP contribution in [0, 0.1) is 0 Å². The monoisotopic (exact) mass is 281 g/mol. The topological polar surface area (TPSA) is 28.2 Å². The van der Waals surface area contributed by atoms with Crippen LogP contribution in [0.3, 0.4) is 0 Å². The SMILES string of the molecule is CCCNCc1cnc(N(C)C2CCCC2)c(Cl)c1. The molecule has 1 aromatic rings. The first-order valence-electron chi connectivity index (χ1n) is 7.30. The molecule has 0 unspecified atom stereocenters. The Morgan fingerprint density at radius 2 is 2.16 bits per heavy atom. The minimum absolute atomic E-state index is 0.606. The van der Waals surface area contributed by atoms with Gasteiger partial charge in [0.15, 0.2) is 0 Å². The molecular weight excluding hydrogens is 258 g/mol. The summed E-state index contributed by atoms with van der Waals surface area (Å²) < 4.78 is 0. The minimum atomic E-state index is 0.606. The van der Waals surface area contributed by atoms with Crippen molar-refractivity contribution in [1.29, 1.82) is 0 Å². The van der Waals surface area contributed by atoms with E-state index in [1.54, 1.807) is 0 Å². The maximum Gasteiger partial charge on any atom is 0.147 e. The molecule has 1 saturated carbocycles. The van der Waals surface area contributed by atoms with Crippen LogP contribution in [0.5, 0.6) is 0 Å². The van der Waals surface area contributed by atoms with E-state index in [1.807, 2.05) is 12.3 Å². The molecule has 106 valence electrons. The largest absolute Gasteiger partial charge is 0.355 e. The predicted molar refractivity (Wildman–Crippen MR) is 81.9 cm³/mol. The van der Waals surface area contributed by atoms with Gasteiger partial charge in [-0.2, -0.15) is 0 Å². The van der Waals surface area contributed by atoms with Crippen LogP contribution >= 0.6 is 11.6 Å². The molecule has 1 fully saturated rings. The number of anilines is 1. The van der Waals surface area contributed by atoms with E-state index in [-0.39, 0.29) is 0 Å². The molecule has 1 heterocycles. The molecule has 1 aliphatic rings. The Kier molecular flexibility index (Phi) is 5.46. The molecule has 2 rings (SSSR count). The number of pyridine rings is 1. The second-order valence-corrected chi connectivity index (χ2v) is 5.78. The molecule has 0 aromatic carbocycles. The summed E-state index contributed by atoms with van der Waals surface area (Å²) in [6.07, 6.45) is 8.25. The minimum Gasteiger partial charge on any atom is -0.355 e. The maximum atomic E-state index is 6.38. The molecule has 3 nitrogen and oxygen atoms in total. The molecule has 19 heavy (non-hydrogen) atoms. The van der Waals surface area contributed by atoms with Gasteiger partial charge in [0.2, 0.25) is 0 Å². The molecule has 0 atom stereocenters. The predicted octanol–water partition coefficient (Wildman–Crippen LogP) is 3.61. The third kappa shape index (κ3) is 3.83. The van der Waals surface area contributed by atoms with Crippen molar-refractivity contribution in [2.24, 2.45) is 0 Å². The van der Waals surface area contributed by atoms with Crippen LogP contribution in [0.2, 0.25) is 5.02 Å². The Morgan fingerprint density at radius 3 is 2.79 bits per heavy atom. The molecule has 0 saturated heterocycles. The first-order valence-corrected chi connectivity index (χ1v) is 7.68. The first kappa shape index (κ1) is 14.6. The number of hydrogen-bond acceptors (Lipinski definition) is 3. The molecule has 0 aliphatic heterocycles. The lowest BCUT2D eigenvalue weighted by Crippen LogP contribution is -2.29. The summed E-state index contributed by atoms with van der Waals surface area (Å²) in [5, 5.41) is 4.14. The lowest BCUT2D eigenvalue weighted by molar-refractivity contribution is 0.644. The second-order valence-electron chi connectivity index (χ2n) is 5.37. The van der Waals surface area contributed by atoms with Crippen molar-refractivity contribution in [3.05, 3.63) is 22.8 Å². The van der Waals surface area contributed by atoms with E-state index < -0.39 is 0 Å². The van der Waals surface area contributed by atoms with Gasteiger partial charge in [-0.3, -0.25) is 0 Å². The lowest BCUT2D eigenvalue weighted by Gasteiger charge is -2.26. The highest BCUT2D eigenvalue weighted by atomic mass is 35.5. The Labute approximate surface area is 121 Å². The van der Waals surface area contributed by atoms with Crippen LogP contribution < -0.4 is 10.2 Å². The molecule has 1 aromatic heterocycles. The summed E-state index contributed by atoms with van der Waals surface area (Å²) in [5.41, 5.74) is 1.15. The zero-order chi connectivity index (χ0) is 13.7. The van der Waals surface area contributed by atoms with Gasteiger partial charge in [0.1, 0.15) is 5.82 Å². The van der Waals surface area contributed by atoms with Crippen LogP contribution in [0.15, 0.2) is 12.3 Å². The van der Waals surface area contributed by atoms with Gasteiger partial charge in [-0.05, 0) is 37.4 Å². The van der Waals surface area contributed by atoms with Gasteiger partial charge in [-0.25, -0.2) is 4.98 Å². The Morgan fingerprint density at radius 1 is 1.42 bits per heavy atom. The molecule has 4 heteroatoms. The van der Waals surface area contributed by atoms with Crippen molar-refractivity contribution in [1.82, 2.24) is 10.3 Å². The number of nitrogens with zero attached hydrogens (tertiary/aromatic N) is 2. The quantitative estimate of drug-likeness (QED) is 0.808. The fourth-order valence-electron chi connectivity index (χ4n) is 2.70. The summed E-state index contributed by atoms with van der Waals surface area (Å²) >= 11 is 6.38. The number of hydrogen-bond donors (Lipinski definition) is 1. The summed E-state index contributed by atoms with van der Waals surface area (Å²) in [7, 11) is 2.11. The van der Waals surface area contributed by atoms with E-state index in [1.165, 1.54) is 25.7 Å². The zero-order valence-corrected chi connectivity index (χ0v) is 12.7. The van der Waals surface area contributed by atoms with E-state index in [0.717, 1.165) is 35.9 Å². The van der Waals surface area contributed by atoms with Crippen molar-refractivity contribution >= 4 is 17.4 Å². The summed E-state index contributed by atoms with van der Waals surface area (Å²) in [6.45, 7) is 4.03. The molecule has 0 bridgehead atoms. The van der Waals surface area contributed by atoms with E-state index in [9.17, 15) is 0 Å². The highest BCUT2D eigenvalue weighted by Crippen LogP contribution is 2.30. The Bertz CT molecular complexity index is 402. The fraction of sp³-hybridized carbons (Fsp3) is 0.667. The van der Waals surface area contributed by atoms with Crippen molar-refractivity contribution in [3.8, 4) is 0 Å². The van der Waals surface area contributed by atoms with Crippen molar-refractivity contribution < 1.29 is 0 Å². The van der Waals surface area contributed by atoms with Crippen LogP contribution in [-0.2, 0) is 6.54 Å². The molecule has 1 N–H and O–H groups in total. The molecule has 0 amide bonds. The molecule has 0 spiro atoms. The lowest BCUT2D eigenvalue weighted by atomic mass is 10.2. The number of aromatic nitrogens is 1. The van der Waals surface area contributed by atoms with Gasteiger partial charge >= 0.3 is 0 Å². The summed E-state index contributed by atoms with van der Waals surface area (Å²) in [5.74, 6) is 0.924. The molecule has 1 aliphatic carbocycles. The highest BCUT2D eigenvalue weighted by molar-refractivity contribution is 6.33. The average Bonchev–Trinajstić information content (AvgIpc) is 2.92. The molecule has 0 radical (unpaired) electrons. The number of halogens is 1. The number of rotatable bonds is 6. The third-order valence-electron chi connectivity index (χ3n) is 3.84. The van der Waals surface area contributed by atoms with E-state index >= 15 is 0 Å².